The zero-order valence-electron chi connectivity index (χ0n) is 20.2. The number of aryl methyl sites for hydroxylation is 2. The van der Waals surface area contributed by atoms with E-state index in [0.29, 0.717) is 17.7 Å². The van der Waals surface area contributed by atoms with E-state index in [9.17, 15) is 9.59 Å². The summed E-state index contributed by atoms with van der Waals surface area (Å²) in [6, 6.07) is 21.3. The van der Waals surface area contributed by atoms with Crippen LogP contribution in [0.25, 0.3) is 22.2 Å². The number of amides is 2. The molecule has 6 heteroatoms. The number of hydrogen-bond donors (Lipinski definition) is 0. The van der Waals surface area contributed by atoms with Gasteiger partial charge in [-0.05, 0) is 85.5 Å². The predicted octanol–water partition coefficient (Wildman–Crippen LogP) is 5.71. The largest absolute Gasteiger partial charge is 0.497 e. The molecule has 2 heterocycles. The van der Waals surface area contributed by atoms with Crippen LogP contribution >= 0.6 is 0 Å². The molecular formula is C29H28N2O4. The van der Waals surface area contributed by atoms with Gasteiger partial charge in [-0.15, -0.1) is 0 Å². The lowest BCUT2D eigenvalue weighted by molar-refractivity contribution is 0.0651. The van der Waals surface area contributed by atoms with Crippen molar-refractivity contribution in [1.82, 2.24) is 9.47 Å². The summed E-state index contributed by atoms with van der Waals surface area (Å²) in [4.78, 5) is 26.7. The highest BCUT2D eigenvalue weighted by Gasteiger charge is 2.34. The minimum absolute atomic E-state index is 0.195. The second-order valence-corrected chi connectivity index (χ2v) is 8.75. The molecule has 1 aliphatic rings. The van der Waals surface area contributed by atoms with Crippen molar-refractivity contribution in [2.24, 2.45) is 0 Å². The van der Waals surface area contributed by atoms with Gasteiger partial charge in [0.2, 0.25) is 0 Å². The molecule has 0 bridgehead atoms. The van der Waals surface area contributed by atoms with Gasteiger partial charge in [0.15, 0.2) is 0 Å². The van der Waals surface area contributed by atoms with E-state index in [1.54, 1.807) is 38.5 Å². The van der Waals surface area contributed by atoms with Crippen molar-refractivity contribution in [2.75, 3.05) is 20.8 Å². The first-order valence-electron chi connectivity index (χ1n) is 11.8. The van der Waals surface area contributed by atoms with Crippen molar-refractivity contribution in [3.63, 3.8) is 0 Å². The summed E-state index contributed by atoms with van der Waals surface area (Å²) >= 11 is 0. The Bertz CT molecular complexity index is 1380. The van der Waals surface area contributed by atoms with E-state index in [0.717, 1.165) is 53.0 Å². The maximum Gasteiger partial charge on any atom is 0.261 e. The van der Waals surface area contributed by atoms with Gasteiger partial charge in [-0.25, -0.2) is 0 Å². The Balaban J connectivity index is 1.39. The first kappa shape index (κ1) is 22.7. The summed E-state index contributed by atoms with van der Waals surface area (Å²) in [5.41, 5.74) is 5.58. The summed E-state index contributed by atoms with van der Waals surface area (Å²) in [5.74, 6) is 1.25. The lowest BCUT2D eigenvalue weighted by atomic mass is 10.1. The number of hydrogen-bond acceptors (Lipinski definition) is 4. The molecule has 3 aromatic carbocycles. The molecular weight excluding hydrogens is 440 g/mol. The lowest BCUT2D eigenvalue weighted by Crippen LogP contribution is -2.30. The Kier molecular flexibility index (Phi) is 6.03. The number of unbranched alkanes of at least 4 members (excludes halogenated alkanes) is 1. The molecule has 0 atom stereocenters. The van der Waals surface area contributed by atoms with Crippen molar-refractivity contribution < 1.29 is 19.1 Å². The summed E-state index contributed by atoms with van der Waals surface area (Å²) in [6.07, 6.45) is 1.55. The highest BCUT2D eigenvalue weighted by atomic mass is 16.5. The molecule has 0 unspecified atom stereocenters. The highest BCUT2D eigenvalue weighted by Crippen LogP contribution is 2.36. The van der Waals surface area contributed by atoms with Crippen molar-refractivity contribution >= 4 is 22.7 Å². The van der Waals surface area contributed by atoms with Crippen LogP contribution in [0.3, 0.4) is 0 Å². The number of rotatable bonds is 8. The third-order valence-corrected chi connectivity index (χ3v) is 6.78. The predicted molar refractivity (Wildman–Crippen MR) is 136 cm³/mol. The maximum absolute atomic E-state index is 12.7. The monoisotopic (exact) mass is 468 g/mol. The van der Waals surface area contributed by atoms with E-state index in [4.69, 9.17) is 9.47 Å². The van der Waals surface area contributed by atoms with Crippen LogP contribution in [0, 0.1) is 6.92 Å². The lowest BCUT2D eigenvalue weighted by Gasteiger charge is -2.15. The number of benzene rings is 3. The molecule has 0 saturated heterocycles. The number of fused-ring (bicyclic) bond motifs is 2. The van der Waals surface area contributed by atoms with Gasteiger partial charge < -0.3 is 14.0 Å². The molecule has 1 aliphatic heterocycles. The van der Waals surface area contributed by atoms with Crippen LogP contribution in [-0.4, -0.2) is 42.0 Å². The molecule has 5 rings (SSSR count). The van der Waals surface area contributed by atoms with Crippen LogP contribution < -0.4 is 9.47 Å². The first-order chi connectivity index (χ1) is 17.0. The summed E-state index contributed by atoms with van der Waals surface area (Å²) in [5, 5.41) is 1.15. The van der Waals surface area contributed by atoms with E-state index < -0.39 is 0 Å². The van der Waals surface area contributed by atoms with Gasteiger partial charge in [0, 0.05) is 24.0 Å². The van der Waals surface area contributed by atoms with Gasteiger partial charge >= 0.3 is 0 Å². The van der Waals surface area contributed by atoms with Gasteiger partial charge in [0.25, 0.3) is 11.8 Å². The zero-order valence-corrected chi connectivity index (χ0v) is 20.2. The molecule has 0 aliphatic carbocycles. The van der Waals surface area contributed by atoms with E-state index >= 15 is 0 Å². The first-order valence-corrected chi connectivity index (χ1v) is 11.8. The molecule has 0 radical (unpaired) electrons. The average molecular weight is 469 g/mol. The summed E-state index contributed by atoms with van der Waals surface area (Å²) in [6.45, 7) is 3.31. The van der Waals surface area contributed by atoms with Gasteiger partial charge in [-0.3, -0.25) is 14.5 Å². The minimum atomic E-state index is -0.195. The minimum Gasteiger partial charge on any atom is -0.497 e. The molecule has 0 saturated carbocycles. The fourth-order valence-corrected chi connectivity index (χ4v) is 4.96. The van der Waals surface area contributed by atoms with Crippen LogP contribution in [0.15, 0.2) is 66.7 Å². The Morgan fingerprint density at radius 3 is 1.97 bits per heavy atom. The van der Waals surface area contributed by atoms with E-state index in [1.165, 1.54) is 10.5 Å². The van der Waals surface area contributed by atoms with E-state index in [-0.39, 0.29) is 11.8 Å². The number of imide groups is 1. The topological polar surface area (TPSA) is 60.8 Å². The Morgan fingerprint density at radius 1 is 0.743 bits per heavy atom. The van der Waals surface area contributed by atoms with Gasteiger partial charge in [0.1, 0.15) is 11.5 Å². The smallest absolute Gasteiger partial charge is 0.261 e. The average Bonchev–Trinajstić information content (AvgIpc) is 3.31. The van der Waals surface area contributed by atoms with Crippen LogP contribution in [0.1, 0.15) is 39.1 Å². The SMILES string of the molecule is COc1ccc(-c2c(C)c3cc(OC)ccc3n2CCCCN2C(=O)c3ccccc3C2=O)cc1. The molecule has 2 amide bonds. The Labute approximate surface area is 204 Å². The van der Waals surface area contributed by atoms with Crippen molar-refractivity contribution in [1.29, 1.82) is 0 Å². The molecule has 0 spiro atoms. The van der Waals surface area contributed by atoms with Gasteiger partial charge in [0.05, 0.1) is 31.0 Å². The number of ether oxygens (including phenoxy) is 2. The molecule has 4 aromatic rings. The van der Waals surface area contributed by atoms with E-state index in [1.807, 2.05) is 18.2 Å². The van der Waals surface area contributed by atoms with Gasteiger partial charge in [-0.1, -0.05) is 12.1 Å². The molecule has 0 fully saturated rings. The standard InChI is InChI=1S/C29H28N2O4/c1-19-25-18-22(35-3)14-15-26(25)30(27(19)20-10-12-21(34-2)13-11-20)16-6-7-17-31-28(32)23-8-4-5-9-24(23)29(31)33/h4-5,8-15,18H,6-7,16-17H2,1-3H3. The maximum atomic E-state index is 12.7. The zero-order chi connectivity index (χ0) is 24.5. The normalized spacial score (nSPS) is 12.9. The number of nitrogens with zero attached hydrogens (tertiary/aromatic N) is 2. The van der Waals surface area contributed by atoms with Crippen molar-refractivity contribution in [3.05, 3.63) is 83.4 Å². The molecule has 178 valence electrons. The van der Waals surface area contributed by atoms with Crippen LogP contribution in [0.2, 0.25) is 0 Å². The second-order valence-electron chi connectivity index (χ2n) is 8.75. The number of aromatic nitrogens is 1. The number of carbonyl (C=O) groups is 2. The summed E-state index contributed by atoms with van der Waals surface area (Å²) < 4.78 is 13.1. The van der Waals surface area contributed by atoms with E-state index in [2.05, 4.69) is 35.8 Å². The third kappa shape index (κ3) is 3.95. The fourth-order valence-electron chi connectivity index (χ4n) is 4.96. The molecule has 6 nitrogen and oxygen atoms in total. The van der Waals surface area contributed by atoms with Crippen molar-refractivity contribution in [2.45, 2.75) is 26.3 Å². The van der Waals surface area contributed by atoms with Crippen molar-refractivity contribution in [3.8, 4) is 22.8 Å². The molecule has 0 N–H and O–H groups in total. The van der Waals surface area contributed by atoms with Crippen LogP contribution in [0.5, 0.6) is 11.5 Å². The van der Waals surface area contributed by atoms with Crippen LogP contribution in [-0.2, 0) is 6.54 Å². The summed E-state index contributed by atoms with van der Waals surface area (Å²) in [7, 11) is 3.34. The third-order valence-electron chi connectivity index (χ3n) is 6.78. The van der Waals surface area contributed by atoms with Crippen LogP contribution in [0.4, 0.5) is 0 Å². The van der Waals surface area contributed by atoms with Gasteiger partial charge in [-0.2, -0.15) is 0 Å². The molecule has 35 heavy (non-hydrogen) atoms. The number of methoxy groups -OCH3 is 2. The Hall–Kier alpha value is -4.06. The second kappa shape index (κ2) is 9.29. The number of carbonyl (C=O) groups excluding carboxylic acids is 2. The Morgan fingerprint density at radius 2 is 1.34 bits per heavy atom. The quantitative estimate of drug-likeness (QED) is 0.245. The molecule has 1 aromatic heterocycles. The fraction of sp³-hybridized carbons (Fsp3) is 0.241. The highest BCUT2D eigenvalue weighted by molar-refractivity contribution is 6.21.